The van der Waals surface area contributed by atoms with Gasteiger partial charge in [-0.2, -0.15) is 4.98 Å². The van der Waals surface area contributed by atoms with E-state index in [4.69, 9.17) is 9.26 Å². The average Bonchev–Trinajstić information content (AvgIpc) is 3.17. The molecular weight excluding hydrogens is 270 g/mol. The number of rotatable bonds is 5. The second kappa shape index (κ2) is 7.02. The number of amides is 1. The van der Waals surface area contributed by atoms with Gasteiger partial charge in [0.05, 0.1) is 6.54 Å². The van der Waals surface area contributed by atoms with Crippen LogP contribution in [0.15, 0.2) is 4.52 Å². The average molecular weight is 293 g/mol. The molecule has 0 radical (unpaired) electrons. The quantitative estimate of drug-likeness (QED) is 0.900. The van der Waals surface area contributed by atoms with Gasteiger partial charge in [-0.25, -0.2) is 0 Å². The van der Waals surface area contributed by atoms with Crippen LogP contribution in [0.5, 0.6) is 0 Å². The highest BCUT2D eigenvalue weighted by Crippen LogP contribution is 2.32. The van der Waals surface area contributed by atoms with Crippen molar-refractivity contribution in [2.75, 3.05) is 13.2 Å². The number of nitrogens with zero attached hydrogens (tertiary/aromatic N) is 2. The highest BCUT2D eigenvalue weighted by molar-refractivity contribution is 5.76. The molecule has 2 aliphatic rings. The summed E-state index contributed by atoms with van der Waals surface area (Å²) in [6.07, 6.45) is 7.39. The van der Waals surface area contributed by atoms with E-state index in [9.17, 15) is 4.79 Å². The Morgan fingerprint density at radius 1 is 1.24 bits per heavy atom. The van der Waals surface area contributed by atoms with Crippen molar-refractivity contribution in [2.24, 2.45) is 5.92 Å². The molecule has 6 nitrogen and oxygen atoms in total. The molecule has 0 unspecified atom stereocenters. The molecule has 2 heterocycles. The first-order valence-electron chi connectivity index (χ1n) is 7.98. The van der Waals surface area contributed by atoms with E-state index in [1.165, 1.54) is 12.8 Å². The van der Waals surface area contributed by atoms with Crippen LogP contribution >= 0.6 is 0 Å². The summed E-state index contributed by atoms with van der Waals surface area (Å²) in [5.41, 5.74) is 0. The van der Waals surface area contributed by atoms with Crippen LogP contribution in [0.3, 0.4) is 0 Å². The third-order valence-electron chi connectivity index (χ3n) is 4.36. The fourth-order valence-corrected chi connectivity index (χ4v) is 3.16. The maximum atomic E-state index is 11.9. The van der Waals surface area contributed by atoms with Crippen LogP contribution in [0.4, 0.5) is 0 Å². The van der Waals surface area contributed by atoms with Gasteiger partial charge in [-0.1, -0.05) is 18.0 Å². The standard InChI is InChI=1S/C15H23N3O3/c19-14(8-11-4-3-7-20-10-11)16-9-13-17-15(21-18-13)12-5-1-2-6-12/h11-12H,1-10H2,(H,16,19)/t11-/m1/s1. The minimum Gasteiger partial charge on any atom is -0.381 e. The number of carbonyl (C=O) groups is 1. The van der Waals surface area contributed by atoms with Crippen LogP contribution in [-0.2, 0) is 16.1 Å². The van der Waals surface area contributed by atoms with Crippen molar-refractivity contribution >= 4 is 5.91 Å². The van der Waals surface area contributed by atoms with Crippen molar-refractivity contribution in [1.82, 2.24) is 15.5 Å². The molecule has 6 heteroatoms. The number of aromatic nitrogens is 2. The van der Waals surface area contributed by atoms with Gasteiger partial charge in [0.25, 0.3) is 0 Å². The van der Waals surface area contributed by atoms with Crippen molar-refractivity contribution in [2.45, 2.75) is 57.4 Å². The molecule has 0 spiro atoms. The van der Waals surface area contributed by atoms with Crippen molar-refractivity contribution in [1.29, 1.82) is 0 Å². The normalized spacial score (nSPS) is 23.3. The fourth-order valence-electron chi connectivity index (χ4n) is 3.16. The molecule has 116 valence electrons. The lowest BCUT2D eigenvalue weighted by Gasteiger charge is -2.21. The summed E-state index contributed by atoms with van der Waals surface area (Å²) >= 11 is 0. The SMILES string of the molecule is O=C(C[C@H]1CCCOC1)NCc1noc(C2CCCC2)n1. The molecule has 1 N–H and O–H groups in total. The van der Waals surface area contributed by atoms with Crippen LogP contribution in [0.2, 0.25) is 0 Å². The second-order valence-corrected chi connectivity index (χ2v) is 6.09. The van der Waals surface area contributed by atoms with Crippen LogP contribution in [0.1, 0.15) is 62.6 Å². The second-order valence-electron chi connectivity index (χ2n) is 6.09. The maximum Gasteiger partial charge on any atom is 0.229 e. The molecule has 2 fully saturated rings. The van der Waals surface area contributed by atoms with E-state index in [2.05, 4.69) is 15.5 Å². The van der Waals surface area contributed by atoms with Crippen LogP contribution in [0, 0.1) is 5.92 Å². The Bertz CT molecular complexity index is 462. The molecule has 0 bridgehead atoms. The first kappa shape index (κ1) is 14.5. The number of hydrogen-bond donors (Lipinski definition) is 1. The zero-order valence-corrected chi connectivity index (χ0v) is 12.3. The highest BCUT2D eigenvalue weighted by Gasteiger charge is 2.23. The van der Waals surface area contributed by atoms with Gasteiger partial charge in [0.2, 0.25) is 11.8 Å². The van der Waals surface area contributed by atoms with Gasteiger partial charge < -0.3 is 14.6 Å². The molecular formula is C15H23N3O3. The van der Waals surface area contributed by atoms with Crippen molar-refractivity contribution in [3.8, 4) is 0 Å². The van der Waals surface area contributed by atoms with E-state index in [-0.39, 0.29) is 5.91 Å². The molecule has 3 rings (SSSR count). The van der Waals surface area contributed by atoms with Gasteiger partial charge in [0.1, 0.15) is 0 Å². The molecule has 1 aromatic heterocycles. The molecule has 1 aromatic rings. The van der Waals surface area contributed by atoms with Crippen LogP contribution in [-0.4, -0.2) is 29.3 Å². The lowest BCUT2D eigenvalue weighted by atomic mass is 9.98. The predicted octanol–water partition coefficient (Wildman–Crippen LogP) is 2.16. The fraction of sp³-hybridized carbons (Fsp3) is 0.800. The Morgan fingerprint density at radius 2 is 2.10 bits per heavy atom. The van der Waals surface area contributed by atoms with E-state index in [0.29, 0.717) is 37.2 Å². The van der Waals surface area contributed by atoms with Crippen LogP contribution in [0.25, 0.3) is 0 Å². The molecule has 1 aliphatic carbocycles. The van der Waals surface area contributed by atoms with Gasteiger partial charge in [-0.3, -0.25) is 4.79 Å². The van der Waals surface area contributed by atoms with E-state index in [1.54, 1.807) is 0 Å². The maximum absolute atomic E-state index is 11.9. The third-order valence-corrected chi connectivity index (χ3v) is 4.36. The number of nitrogens with one attached hydrogen (secondary N) is 1. The van der Waals surface area contributed by atoms with E-state index < -0.39 is 0 Å². The molecule has 21 heavy (non-hydrogen) atoms. The molecule has 1 atom stereocenters. The lowest BCUT2D eigenvalue weighted by Crippen LogP contribution is -2.28. The summed E-state index contributed by atoms with van der Waals surface area (Å²) in [5, 5.41) is 6.82. The largest absolute Gasteiger partial charge is 0.381 e. The molecule has 1 saturated carbocycles. The highest BCUT2D eigenvalue weighted by atomic mass is 16.5. The van der Waals surface area contributed by atoms with Crippen molar-refractivity contribution in [3.63, 3.8) is 0 Å². The summed E-state index contributed by atoms with van der Waals surface area (Å²) < 4.78 is 10.7. The summed E-state index contributed by atoms with van der Waals surface area (Å²) in [4.78, 5) is 16.3. The van der Waals surface area contributed by atoms with Gasteiger partial charge in [-0.15, -0.1) is 0 Å². The summed E-state index contributed by atoms with van der Waals surface area (Å²) in [7, 11) is 0. The van der Waals surface area contributed by atoms with Gasteiger partial charge in [0, 0.05) is 25.6 Å². The summed E-state index contributed by atoms with van der Waals surface area (Å²) in [6.45, 7) is 1.87. The van der Waals surface area contributed by atoms with E-state index in [1.807, 2.05) is 0 Å². The van der Waals surface area contributed by atoms with Gasteiger partial charge >= 0.3 is 0 Å². The zero-order chi connectivity index (χ0) is 14.5. The molecule has 1 saturated heterocycles. The summed E-state index contributed by atoms with van der Waals surface area (Å²) in [6, 6.07) is 0. The number of ether oxygens (including phenoxy) is 1. The van der Waals surface area contributed by atoms with Gasteiger partial charge in [-0.05, 0) is 31.6 Å². The zero-order valence-electron chi connectivity index (χ0n) is 12.3. The van der Waals surface area contributed by atoms with E-state index >= 15 is 0 Å². The summed E-state index contributed by atoms with van der Waals surface area (Å²) in [5.74, 6) is 2.11. The Labute approximate surface area is 124 Å². The Morgan fingerprint density at radius 3 is 2.86 bits per heavy atom. The Hall–Kier alpha value is -1.43. The minimum atomic E-state index is 0.0396. The predicted molar refractivity (Wildman–Crippen MR) is 75.5 cm³/mol. The molecule has 0 aromatic carbocycles. The van der Waals surface area contributed by atoms with Gasteiger partial charge in [0.15, 0.2) is 5.82 Å². The third kappa shape index (κ3) is 4.03. The molecule has 1 aliphatic heterocycles. The number of hydrogen-bond acceptors (Lipinski definition) is 5. The smallest absolute Gasteiger partial charge is 0.229 e. The first-order valence-corrected chi connectivity index (χ1v) is 7.98. The Kier molecular flexibility index (Phi) is 4.85. The topological polar surface area (TPSA) is 77.2 Å². The minimum absolute atomic E-state index is 0.0396. The lowest BCUT2D eigenvalue weighted by molar-refractivity contribution is -0.123. The van der Waals surface area contributed by atoms with E-state index in [0.717, 1.165) is 38.2 Å². The van der Waals surface area contributed by atoms with Crippen LogP contribution < -0.4 is 5.32 Å². The van der Waals surface area contributed by atoms with Crippen molar-refractivity contribution in [3.05, 3.63) is 11.7 Å². The van der Waals surface area contributed by atoms with Crippen molar-refractivity contribution < 1.29 is 14.1 Å². The number of carbonyl (C=O) groups excluding carboxylic acids is 1. The monoisotopic (exact) mass is 293 g/mol. The first-order chi connectivity index (χ1) is 10.3. The Balaban J connectivity index is 1.42. The molecule has 1 amide bonds.